The van der Waals surface area contributed by atoms with Gasteiger partial charge >= 0.3 is 0 Å². The number of nitrogens with one attached hydrogen (secondary N) is 1. The average Bonchev–Trinajstić information content (AvgIpc) is 3.16. The van der Waals surface area contributed by atoms with Crippen molar-refractivity contribution in [3.63, 3.8) is 0 Å². The molecule has 1 aliphatic carbocycles. The summed E-state index contributed by atoms with van der Waals surface area (Å²) >= 11 is 0. The molecular formula is C27H34N4O4S. The number of hydrogen-bond donors (Lipinski definition) is 1. The molecule has 2 aromatic carbocycles. The largest absolute Gasteiger partial charge is 0.352 e. The van der Waals surface area contributed by atoms with E-state index in [1.807, 2.05) is 30.3 Å². The van der Waals surface area contributed by atoms with Crippen LogP contribution in [0.5, 0.6) is 0 Å². The molecule has 1 spiro atoms. The summed E-state index contributed by atoms with van der Waals surface area (Å²) in [5, 5.41) is 3.12. The van der Waals surface area contributed by atoms with Crippen molar-refractivity contribution in [2.24, 2.45) is 0 Å². The predicted octanol–water partition coefficient (Wildman–Crippen LogP) is 2.97. The Hall–Kier alpha value is -2.91. The first-order valence-corrected chi connectivity index (χ1v) is 14.3. The van der Waals surface area contributed by atoms with Crippen LogP contribution in [-0.4, -0.2) is 67.3 Å². The molecule has 1 saturated carbocycles. The molecule has 2 amide bonds. The lowest BCUT2D eigenvalue weighted by Crippen LogP contribution is -2.57. The summed E-state index contributed by atoms with van der Waals surface area (Å²) in [6, 6.07) is 18.3. The minimum absolute atomic E-state index is 0.0203. The molecule has 0 atom stereocenters. The van der Waals surface area contributed by atoms with E-state index in [-0.39, 0.29) is 42.4 Å². The van der Waals surface area contributed by atoms with Gasteiger partial charge in [0.25, 0.3) is 0 Å². The monoisotopic (exact) mass is 510 g/mol. The Balaban J connectivity index is 1.34. The Morgan fingerprint density at radius 2 is 1.53 bits per heavy atom. The van der Waals surface area contributed by atoms with Crippen LogP contribution >= 0.6 is 0 Å². The Morgan fingerprint density at radius 1 is 0.917 bits per heavy atom. The molecule has 3 aliphatic rings. The standard InChI is InChI=1S/C27H34N4O4S/c32-25(28-22-10-4-1-5-11-22)20-29-21-31(23-12-6-2-7-13-23)27(26(29)33)16-18-30(19-17-27)36(34,35)24-14-8-3-9-15-24/h2-3,6-9,12-15,22H,1,4-5,10-11,16-21H2,(H,28,32). The summed E-state index contributed by atoms with van der Waals surface area (Å²) in [7, 11) is -3.63. The van der Waals surface area contributed by atoms with Crippen molar-refractivity contribution >= 4 is 27.5 Å². The highest BCUT2D eigenvalue weighted by atomic mass is 32.2. The Bertz CT molecular complexity index is 1170. The predicted molar refractivity (Wildman–Crippen MR) is 138 cm³/mol. The summed E-state index contributed by atoms with van der Waals surface area (Å²) in [5.74, 6) is -0.216. The summed E-state index contributed by atoms with van der Waals surface area (Å²) in [5.41, 5.74) is 0.0373. The van der Waals surface area contributed by atoms with Gasteiger partial charge in [0.15, 0.2) is 0 Å². The SMILES string of the molecule is O=C(CN1CN(c2ccccc2)C2(CCN(S(=O)(=O)c3ccccc3)CC2)C1=O)NC1CCCCC1. The minimum atomic E-state index is -3.63. The van der Waals surface area contributed by atoms with E-state index < -0.39 is 15.6 Å². The zero-order chi connectivity index (χ0) is 25.2. The fraction of sp³-hybridized carbons (Fsp3) is 0.481. The number of carbonyl (C=O) groups is 2. The lowest BCUT2D eigenvalue weighted by atomic mass is 9.86. The van der Waals surface area contributed by atoms with Gasteiger partial charge in [0.1, 0.15) is 12.1 Å². The Kier molecular flexibility index (Phi) is 7.03. The number of piperidine rings is 1. The minimum Gasteiger partial charge on any atom is -0.352 e. The van der Waals surface area contributed by atoms with Crippen molar-refractivity contribution < 1.29 is 18.0 Å². The van der Waals surface area contributed by atoms with Crippen molar-refractivity contribution in [1.29, 1.82) is 0 Å². The lowest BCUT2D eigenvalue weighted by Gasteiger charge is -2.42. The van der Waals surface area contributed by atoms with Gasteiger partial charge in [0, 0.05) is 24.8 Å². The van der Waals surface area contributed by atoms with Gasteiger partial charge in [-0.1, -0.05) is 55.7 Å². The molecule has 9 heteroatoms. The normalized spacial score (nSPS) is 21.2. The third-order valence-electron chi connectivity index (χ3n) is 7.82. The number of nitrogens with zero attached hydrogens (tertiary/aromatic N) is 3. The second-order valence-corrected chi connectivity index (χ2v) is 12.0. The molecule has 2 aliphatic heterocycles. The molecular weight excluding hydrogens is 476 g/mol. The average molecular weight is 511 g/mol. The van der Waals surface area contributed by atoms with Crippen molar-refractivity contribution in [1.82, 2.24) is 14.5 Å². The highest BCUT2D eigenvalue weighted by molar-refractivity contribution is 7.89. The van der Waals surface area contributed by atoms with Gasteiger partial charge in [-0.25, -0.2) is 8.42 Å². The van der Waals surface area contributed by atoms with Crippen LogP contribution in [0.2, 0.25) is 0 Å². The molecule has 0 aromatic heterocycles. The van der Waals surface area contributed by atoms with Crippen molar-refractivity contribution in [2.45, 2.75) is 61.4 Å². The second-order valence-electron chi connectivity index (χ2n) is 10.1. The third kappa shape index (κ3) is 4.74. The van der Waals surface area contributed by atoms with E-state index in [9.17, 15) is 18.0 Å². The van der Waals surface area contributed by atoms with Crippen LogP contribution in [0.3, 0.4) is 0 Å². The molecule has 3 fully saturated rings. The quantitative estimate of drug-likeness (QED) is 0.645. The smallest absolute Gasteiger partial charge is 0.250 e. The van der Waals surface area contributed by atoms with Crippen LogP contribution in [0.1, 0.15) is 44.9 Å². The number of sulfonamides is 1. The number of para-hydroxylation sites is 1. The molecule has 0 unspecified atom stereocenters. The van der Waals surface area contributed by atoms with Gasteiger partial charge in [-0.15, -0.1) is 0 Å². The van der Waals surface area contributed by atoms with E-state index >= 15 is 0 Å². The first kappa shape index (κ1) is 24.8. The van der Waals surface area contributed by atoms with Gasteiger partial charge in [-0.05, 0) is 49.9 Å². The first-order chi connectivity index (χ1) is 17.4. The summed E-state index contributed by atoms with van der Waals surface area (Å²) < 4.78 is 27.8. The molecule has 0 bridgehead atoms. The van der Waals surface area contributed by atoms with Crippen LogP contribution in [0.15, 0.2) is 65.6 Å². The Labute approximate surface area is 213 Å². The molecule has 5 rings (SSSR count). The fourth-order valence-electron chi connectivity index (χ4n) is 5.85. The molecule has 192 valence electrons. The summed E-state index contributed by atoms with van der Waals surface area (Å²) in [6.07, 6.45) is 6.18. The zero-order valence-electron chi connectivity index (χ0n) is 20.5. The van der Waals surface area contributed by atoms with Crippen molar-refractivity contribution in [3.8, 4) is 0 Å². The van der Waals surface area contributed by atoms with Gasteiger partial charge in [-0.2, -0.15) is 4.31 Å². The highest BCUT2D eigenvalue weighted by Gasteiger charge is 2.55. The number of amides is 2. The van der Waals surface area contributed by atoms with E-state index in [2.05, 4.69) is 10.2 Å². The maximum atomic E-state index is 13.9. The van der Waals surface area contributed by atoms with Crippen LogP contribution in [-0.2, 0) is 19.6 Å². The van der Waals surface area contributed by atoms with E-state index in [0.717, 1.165) is 31.4 Å². The fourth-order valence-corrected chi connectivity index (χ4v) is 7.32. The molecule has 8 nitrogen and oxygen atoms in total. The Morgan fingerprint density at radius 3 is 2.17 bits per heavy atom. The number of carbonyl (C=O) groups excluding carboxylic acids is 2. The maximum absolute atomic E-state index is 13.9. The van der Waals surface area contributed by atoms with E-state index in [0.29, 0.717) is 19.5 Å². The maximum Gasteiger partial charge on any atom is 0.250 e. The van der Waals surface area contributed by atoms with E-state index in [4.69, 9.17) is 0 Å². The molecule has 36 heavy (non-hydrogen) atoms. The van der Waals surface area contributed by atoms with E-state index in [1.165, 1.54) is 10.7 Å². The van der Waals surface area contributed by atoms with Gasteiger partial charge in [0.2, 0.25) is 21.8 Å². The van der Waals surface area contributed by atoms with Crippen LogP contribution < -0.4 is 10.2 Å². The second kappa shape index (κ2) is 10.2. The molecule has 1 N–H and O–H groups in total. The van der Waals surface area contributed by atoms with Gasteiger partial charge < -0.3 is 15.1 Å². The first-order valence-electron chi connectivity index (χ1n) is 12.9. The lowest BCUT2D eigenvalue weighted by molar-refractivity contribution is -0.137. The molecule has 2 saturated heterocycles. The highest BCUT2D eigenvalue weighted by Crippen LogP contribution is 2.40. The number of hydrogen-bond acceptors (Lipinski definition) is 5. The number of rotatable bonds is 6. The van der Waals surface area contributed by atoms with Crippen LogP contribution in [0.4, 0.5) is 5.69 Å². The summed E-state index contributed by atoms with van der Waals surface area (Å²) in [6.45, 7) is 0.821. The number of benzene rings is 2. The topological polar surface area (TPSA) is 90.0 Å². The summed E-state index contributed by atoms with van der Waals surface area (Å²) in [4.78, 5) is 30.7. The molecule has 2 aromatic rings. The van der Waals surface area contributed by atoms with Crippen molar-refractivity contribution in [2.75, 3.05) is 31.2 Å². The van der Waals surface area contributed by atoms with E-state index in [1.54, 1.807) is 35.2 Å². The van der Waals surface area contributed by atoms with Gasteiger partial charge in [-0.3, -0.25) is 9.59 Å². The van der Waals surface area contributed by atoms with Crippen molar-refractivity contribution in [3.05, 3.63) is 60.7 Å². The molecule has 0 radical (unpaired) electrons. The van der Waals surface area contributed by atoms with Gasteiger partial charge in [0.05, 0.1) is 11.6 Å². The number of anilines is 1. The molecule has 2 heterocycles. The third-order valence-corrected chi connectivity index (χ3v) is 9.73. The van der Waals surface area contributed by atoms with Crippen LogP contribution in [0.25, 0.3) is 0 Å². The van der Waals surface area contributed by atoms with Crippen LogP contribution in [0, 0.1) is 0 Å². The zero-order valence-corrected chi connectivity index (χ0v) is 21.3.